The Morgan fingerprint density at radius 1 is 1.33 bits per heavy atom. The van der Waals surface area contributed by atoms with Crippen LogP contribution in [-0.2, 0) is 12.0 Å². The summed E-state index contributed by atoms with van der Waals surface area (Å²) < 4.78 is 5.30. The lowest BCUT2D eigenvalue weighted by atomic mass is 9.86. The number of hydrogen-bond acceptors (Lipinski definition) is 4. The molecule has 18 heavy (non-hydrogen) atoms. The molecule has 1 aromatic rings. The number of hydrogen-bond donors (Lipinski definition) is 1. The number of rotatable bonds is 5. The lowest BCUT2D eigenvalue weighted by Crippen LogP contribution is -2.33. The zero-order valence-corrected chi connectivity index (χ0v) is 11.6. The van der Waals surface area contributed by atoms with E-state index in [1.165, 1.54) is 38.5 Å². The van der Waals surface area contributed by atoms with E-state index >= 15 is 0 Å². The van der Waals surface area contributed by atoms with Gasteiger partial charge in [-0.25, -0.2) is 0 Å². The third-order valence-corrected chi connectivity index (χ3v) is 4.20. The number of aromatic nitrogens is 2. The smallest absolute Gasteiger partial charge is 0.226 e. The van der Waals surface area contributed by atoms with Gasteiger partial charge in [-0.3, -0.25) is 0 Å². The molecule has 1 heterocycles. The minimum atomic E-state index is -0.466. The third-order valence-electron chi connectivity index (χ3n) is 4.20. The van der Waals surface area contributed by atoms with Crippen LogP contribution in [0.25, 0.3) is 0 Å². The van der Waals surface area contributed by atoms with Gasteiger partial charge in [0, 0.05) is 6.42 Å². The minimum Gasteiger partial charge on any atom is -0.339 e. The Morgan fingerprint density at radius 2 is 2.06 bits per heavy atom. The van der Waals surface area contributed by atoms with Crippen LogP contribution in [0.5, 0.6) is 0 Å². The van der Waals surface area contributed by atoms with Gasteiger partial charge in [0.2, 0.25) is 5.89 Å². The van der Waals surface area contributed by atoms with Gasteiger partial charge in [-0.15, -0.1) is 0 Å². The molecule has 0 spiro atoms. The predicted molar refractivity (Wildman–Crippen MR) is 71.0 cm³/mol. The fraction of sp³-hybridized carbons (Fsp3) is 0.857. The van der Waals surface area contributed by atoms with Crippen molar-refractivity contribution < 1.29 is 4.52 Å². The molecule has 1 fully saturated rings. The molecule has 4 nitrogen and oxygen atoms in total. The van der Waals surface area contributed by atoms with Gasteiger partial charge in [-0.05, 0) is 25.7 Å². The monoisotopic (exact) mass is 251 g/mol. The highest BCUT2D eigenvalue weighted by Crippen LogP contribution is 2.27. The minimum absolute atomic E-state index is 0.466. The van der Waals surface area contributed by atoms with Crippen LogP contribution in [0.3, 0.4) is 0 Å². The van der Waals surface area contributed by atoms with E-state index in [-0.39, 0.29) is 0 Å². The molecule has 1 saturated carbocycles. The van der Waals surface area contributed by atoms with Gasteiger partial charge in [0.05, 0.1) is 5.54 Å². The van der Waals surface area contributed by atoms with Crippen LogP contribution >= 0.6 is 0 Å². The second-order valence-electron chi connectivity index (χ2n) is 5.83. The first kappa shape index (κ1) is 13.5. The molecular formula is C14H25N3O. The van der Waals surface area contributed by atoms with E-state index in [1.54, 1.807) is 0 Å². The largest absolute Gasteiger partial charge is 0.339 e. The molecule has 1 aliphatic rings. The molecule has 102 valence electrons. The molecule has 0 aromatic carbocycles. The second kappa shape index (κ2) is 5.83. The quantitative estimate of drug-likeness (QED) is 0.873. The maximum Gasteiger partial charge on any atom is 0.226 e. The highest BCUT2D eigenvalue weighted by atomic mass is 16.5. The number of nitrogens with zero attached hydrogens (tertiary/aromatic N) is 2. The van der Waals surface area contributed by atoms with Crippen LogP contribution in [0.1, 0.15) is 70.5 Å². The standard InChI is InChI=1S/C14H25N3O/c1-3-14(2,15)13-16-12(18-17-13)10-9-11-7-5-4-6-8-11/h11H,3-10,15H2,1-2H3. The fourth-order valence-corrected chi connectivity index (χ4v) is 2.55. The first-order valence-corrected chi connectivity index (χ1v) is 7.24. The first-order valence-electron chi connectivity index (χ1n) is 7.24. The highest BCUT2D eigenvalue weighted by molar-refractivity contribution is 5.01. The SMILES string of the molecule is CCC(C)(N)c1noc(CCC2CCCCC2)n1. The topological polar surface area (TPSA) is 64.9 Å². The Morgan fingerprint density at radius 3 is 2.72 bits per heavy atom. The summed E-state index contributed by atoms with van der Waals surface area (Å²) in [6.07, 6.45) is 9.80. The van der Waals surface area contributed by atoms with Gasteiger partial charge in [0.25, 0.3) is 0 Å². The summed E-state index contributed by atoms with van der Waals surface area (Å²) in [7, 11) is 0. The zero-order valence-electron chi connectivity index (χ0n) is 11.6. The third kappa shape index (κ3) is 3.31. The van der Waals surface area contributed by atoms with E-state index in [2.05, 4.69) is 10.1 Å². The molecule has 0 saturated heterocycles. The van der Waals surface area contributed by atoms with Gasteiger partial charge in [-0.1, -0.05) is 44.2 Å². The summed E-state index contributed by atoms with van der Waals surface area (Å²) in [6, 6.07) is 0. The summed E-state index contributed by atoms with van der Waals surface area (Å²) >= 11 is 0. The van der Waals surface area contributed by atoms with E-state index in [0.717, 1.165) is 24.7 Å². The van der Waals surface area contributed by atoms with E-state index in [4.69, 9.17) is 10.3 Å². The van der Waals surface area contributed by atoms with Crippen LogP contribution in [0.4, 0.5) is 0 Å². The predicted octanol–water partition coefficient (Wildman–Crippen LogP) is 3.17. The van der Waals surface area contributed by atoms with E-state index < -0.39 is 5.54 Å². The number of aryl methyl sites for hydroxylation is 1. The van der Waals surface area contributed by atoms with Crippen molar-refractivity contribution in [1.29, 1.82) is 0 Å². The average Bonchev–Trinajstić information content (AvgIpc) is 2.87. The van der Waals surface area contributed by atoms with Crippen molar-refractivity contribution in [3.63, 3.8) is 0 Å². The molecule has 1 atom stereocenters. The maximum absolute atomic E-state index is 6.10. The van der Waals surface area contributed by atoms with Crippen molar-refractivity contribution in [2.75, 3.05) is 0 Å². The van der Waals surface area contributed by atoms with Crippen molar-refractivity contribution >= 4 is 0 Å². The van der Waals surface area contributed by atoms with Crippen LogP contribution in [0.2, 0.25) is 0 Å². The van der Waals surface area contributed by atoms with Crippen LogP contribution in [0.15, 0.2) is 4.52 Å². The van der Waals surface area contributed by atoms with Crippen molar-refractivity contribution in [2.24, 2.45) is 11.7 Å². The lowest BCUT2D eigenvalue weighted by Gasteiger charge is -2.20. The molecule has 4 heteroatoms. The maximum atomic E-state index is 6.10. The van der Waals surface area contributed by atoms with E-state index in [0.29, 0.717) is 5.82 Å². The van der Waals surface area contributed by atoms with E-state index in [9.17, 15) is 0 Å². The normalized spacial score (nSPS) is 20.8. The summed E-state index contributed by atoms with van der Waals surface area (Å²) in [5.41, 5.74) is 5.64. The lowest BCUT2D eigenvalue weighted by molar-refractivity contribution is 0.311. The van der Waals surface area contributed by atoms with Crippen molar-refractivity contribution in [2.45, 2.75) is 70.8 Å². The molecule has 0 bridgehead atoms. The van der Waals surface area contributed by atoms with Crippen LogP contribution in [-0.4, -0.2) is 10.1 Å². The summed E-state index contributed by atoms with van der Waals surface area (Å²) in [5.74, 6) is 2.24. The Balaban J connectivity index is 1.86. The summed E-state index contributed by atoms with van der Waals surface area (Å²) in [4.78, 5) is 4.43. The molecule has 1 unspecified atom stereocenters. The number of nitrogens with two attached hydrogens (primary N) is 1. The Kier molecular flexibility index (Phi) is 4.38. The molecule has 2 rings (SSSR count). The van der Waals surface area contributed by atoms with Gasteiger partial charge in [0.1, 0.15) is 0 Å². The molecule has 1 aliphatic carbocycles. The first-order chi connectivity index (χ1) is 8.62. The van der Waals surface area contributed by atoms with Crippen molar-refractivity contribution in [3.05, 3.63) is 11.7 Å². The molecule has 0 amide bonds. The molecule has 0 aliphatic heterocycles. The van der Waals surface area contributed by atoms with Crippen LogP contribution < -0.4 is 5.73 Å². The van der Waals surface area contributed by atoms with E-state index in [1.807, 2.05) is 13.8 Å². The van der Waals surface area contributed by atoms with Gasteiger partial charge in [0.15, 0.2) is 5.82 Å². The average molecular weight is 251 g/mol. The summed E-state index contributed by atoms with van der Waals surface area (Å²) in [6.45, 7) is 3.99. The van der Waals surface area contributed by atoms with Gasteiger partial charge >= 0.3 is 0 Å². The fourth-order valence-electron chi connectivity index (χ4n) is 2.55. The van der Waals surface area contributed by atoms with Gasteiger partial charge in [-0.2, -0.15) is 4.98 Å². The second-order valence-corrected chi connectivity index (χ2v) is 5.83. The van der Waals surface area contributed by atoms with Gasteiger partial charge < -0.3 is 10.3 Å². The molecule has 0 radical (unpaired) electrons. The molecule has 2 N–H and O–H groups in total. The Bertz CT molecular complexity index is 367. The molecular weight excluding hydrogens is 226 g/mol. The molecule has 1 aromatic heterocycles. The zero-order chi connectivity index (χ0) is 13.0. The summed E-state index contributed by atoms with van der Waals surface area (Å²) in [5, 5.41) is 4.01. The van der Waals surface area contributed by atoms with Crippen molar-refractivity contribution in [3.8, 4) is 0 Å². The Labute approximate surface area is 109 Å². The Hall–Kier alpha value is -0.900. The van der Waals surface area contributed by atoms with Crippen molar-refractivity contribution in [1.82, 2.24) is 10.1 Å². The van der Waals surface area contributed by atoms with Crippen LogP contribution in [0, 0.1) is 5.92 Å². The highest BCUT2D eigenvalue weighted by Gasteiger charge is 2.25.